The summed E-state index contributed by atoms with van der Waals surface area (Å²) in [7, 11) is 0. The highest BCUT2D eigenvalue weighted by atomic mass is 16.5. The summed E-state index contributed by atoms with van der Waals surface area (Å²) in [5.74, 6) is 0.260. The largest absolute Gasteiger partial charge is 0.479 e. The molecule has 0 spiro atoms. The van der Waals surface area contributed by atoms with Crippen molar-refractivity contribution in [2.75, 3.05) is 6.61 Å². The van der Waals surface area contributed by atoms with Crippen LogP contribution in [-0.4, -0.2) is 23.8 Å². The Labute approximate surface area is 72.7 Å². The zero-order valence-electron chi connectivity index (χ0n) is 7.62. The molecular weight excluding hydrogens is 156 g/mol. The van der Waals surface area contributed by atoms with Gasteiger partial charge in [-0.05, 0) is 24.7 Å². The maximum atomic E-state index is 10.6. The van der Waals surface area contributed by atoms with E-state index in [1.54, 1.807) is 0 Å². The second kappa shape index (κ2) is 3.90. The molecule has 0 saturated carbocycles. The predicted molar refractivity (Wildman–Crippen MR) is 44.9 cm³/mol. The SMILES string of the molecule is CC(C)C1CCOC(C(=O)O)C1. The molecule has 3 heteroatoms. The van der Waals surface area contributed by atoms with E-state index >= 15 is 0 Å². The van der Waals surface area contributed by atoms with Gasteiger partial charge in [-0.3, -0.25) is 0 Å². The van der Waals surface area contributed by atoms with Crippen molar-refractivity contribution in [2.24, 2.45) is 11.8 Å². The lowest BCUT2D eigenvalue weighted by molar-refractivity contribution is -0.155. The van der Waals surface area contributed by atoms with Crippen LogP contribution >= 0.6 is 0 Å². The van der Waals surface area contributed by atoms with E-state index in [1.165, 1.54) is 0 Å². The number of carboxylic acid groups (broad SMARTS) is 1. The van der Waals surface area contributed by atoms with E-state index in [9.17, 15) is 4.79 Å². The maximum Gasteiger partial charge on any atom is 0.332 e. The van der Waals surface area contributed by atoms with Crippen LogP contribution in [0.25, 0.3) is 0 Å². The topological polar surface area (TPSA) is 46.5 Å². The summed E-state index contributed by atoms with van der Waals surface area (Å²) in [6.07, 6.45) is 1.11. The minimum atomic E-state index is -0.819. The summed E-state index contributed by atoms with van der Waals surface area (Å²) in [6, 6.07) is 0. The van der Waals surface area contributed by atoms with Crippen molar-refractivity contribution in [3.05, 3.63) is 0 Å². The zero-order valence-corrected chi connectivity index (χ0v) is 7.62. The molecule has 0 aromatic rings. The van der Waals surface area contributed by atoms with Gasteiger partial charge in [0.2, 0.25) is 0 Å². The smallest absolute Gasteiger partial charge is 0.332 e. The first-order valence-electron chi connectivity index (χ1n) is 4.45. The second-order valence-corrected chi connectivity index (χ2v) is 3.73. The van der Waals surface area contributed by atoms with Crippen LogP contribution in [0.2, 0.25) is 0 Å². The van der Waals surface area contributed by atoms with Crippen LogP contribution in [-0.2, 0) is 9.53 Å². The monoisotopic (exact) mass is 172 g/mol. The lowest BCUT2D eigenvalue weighted by atomic mass is 9.86. The van der Waals surface area contributed by atoms with Gasteiger partial charge in [0.25, 0.3) is 0 Å². The van der Waals surface area contributed by atoms with Gasteiger partial charge in [-0.25, -0.2) is 4.79 Å². The van der Waals surface area contributed by atoms with E-state index in [0.717, 1.165) is 6.42 Å². The summed E-state index contributed by atoms with van der Waals surface area (Å²) >= 11 is 0. The number of hydrogen-bond donors (Lipinski definition) is 1. The Morgan fingerprint density at radius 1 is 1.58 bits per heavy atom. The van der Waals surface area contributed by atoms with Crippen LogP contribution in [0.5, 0.6) is 0 Å². The lowest BCUT2D eigenvalue weighted by Gasteiger charge is -2.29. The lowest BCUT2D eigenvalue weighted by Crippen LogP contribution is -2.34. The normalized spacial score (nSPS) is 30.6. The van der Waals surface area contributed by atoms with Crippen molar-refractivity contribution < 1.29 is 14.6 Å². The molecule has 2 unspecified atom stereocenters. The highest BCUT2D eigenvalue weighted by molar-refractivity contribution is 5.72. The molecule has 1 saturated heterocycles. The third-order valence-corrected chi connectivity index (χ3v) is 2.54. The highest BCUT2D eigenvalue weighted by Crippen LogP contribution is 2.26. The number of ether oxygens (including phenoxy) is 1. The van der Waals surface area contributed by atoms with Crippen LogP contribution in [0.1, 0.15) is 26.7 Å². The third kappa shape index (κ3) is 2.21. The molecule has 0 bridgehead atoms. The van der Waals surface area contributed by atoms with Crippen molar-refractivity contribution in [2.45, 2.75) is 32.8 Å². The van der Waals surface area contributed by atoms with Crippen molar-refractivity contribution >= 4 is 5.97 Å². The van der Waals surface area contributed by atoms with Gasteiger partial charge in [-0.15, -0.1) is 0 Å². The first kappa shape index (κ1) is 9.52. The molecule has 1 aliphatic rings. The summed E-state index contributed by atoms with van der Waals surface area (Å²) in [4.78, 5) is 10.6. The van der Waals surface area contributed by atoms with E-state index in [4.69, 9.17) is 9.84 Å². The molecule has 12 heavy (non-hydrogen) atoms. The number of rotatable bonds is 2. The van der Waals surface area contributed by atoms with E-state index < -0.39 is 12.1 Å². The van der Waals surface area contributed by atoms with Gasteiger partial charge in [0, 0.05) is 6.61 Å². The Kier molecular flexibility index (Phi) is 3.09. The predicted octanol–water partition coefficient (Wildman–Crippen LogP) is 1.52. The molecule has 1 N–H and O–H groups in total. The fourth-order valence-corrected chi connectivity index (χ4v) is 1.60. The fourth-order valence-electron chi connectivity index (χ4n) is 1.60. The van der Waals surface area contributed by atoms with Crippen molar-refractivity contribution in [3.8, 4) is 0 Å². The highest BCUT2D eigenvalue weighted by Gasteiger charge is 2.28. The maximum absolute atomic E-state index is 10.6. The molecule has 3 nitrogen and oxygen atoms in total. The molecule has 70 valence electrons. The van der Waals surface area contributed by atoms with Gasteiger partial charge in [0.05, 0.1) is 0 Å². The van der Waals surface area contributed by atoms with Gasteiger partial charge in [-0.1, -0.05) is 13.8 Å². The van der Waals surface area contributed by atoms with E-state index in [2.05, 4.69) is 13.8 Å². The van der Waals surface area contributed by atoms with Gasteiger partial charge in [-0.2, -0.15) is 0 Å². The summed E-state index contributed by atoms with van der Waals surface area (Å²) in [5, 5.41) is 8.71. The molecule has 0 aromatic heterocycles. The van der Waals surface area contributed by atoms with Crippen LogP contribution in [0.3, 0.4) is 0 Å². The number of hydrogen-bond acceptors (Lipinski definition) is 2. The van der Waals surface area contributed by atoms with Gasteiger partial charge in [0.1, 0.15) is 0 Å². The molecule has 2 atom stereocenters. The summed E-state index contributed by atoms with van der Waals surface area (Å²) in [6.45, 7) is 4.86. The van der Waals surface area contributed by atoms with Gasteiger partial charge in [0.15, 0.2) is 6.10 Å². The quantitative estimate of drug-likeness (QED) is 0.687. The molecule has 0 aromatic carbocycles. The number of carbonyl (C=O) groups is 1. The molecule has 1 fully saturated rings. The van der Waals surface area contributed by atoms with Crippen LogP contribution < -0.4 is 0 Å². The first-order valence-corrected chi connectivity index (χ1v) is 4.45. The van der Waals surface area contributed by atoms with E-state index in [1.807, 2.05) is 0 Å². The van der Waals surface area contributed by atoms with Crippen LogP contribution in [0.15, 0.2) is 0 Å². The van der Waals surface area contributed by atoms with E-state index in [0.29, 0.717) is 24.9 Å². The first-order chi connectivity index (χ1) is 5.61. The Balaban J connectivity index is 2.46. The Morgan fingerprint density at radius 3 is 2.75 bits per heavy atom. The van der Waals surface area contributed by atoms with Crippen LogP contribution in [0, 0.1) is 11.8 Å². The van der Waals surface area contributed by atoms with Crippen molar-refractivity contribution in [1.29, 1.82) is 0 Å². The minimum Gasteiger partial charge on any atom is -0.479 e. The molecule has 1 heterocycles. The standard InChI is InChI=1S/C9H16O3/c1-6(2)7-3-4-12-8(5-7)9(10)11/h6-8H,3-5H2,1-2H3,(H,10,11). The minimum absolute atomic E-state index is 0.514. The average Bonchev–Trinajstić information content (AvgIpc) is 2.04. The number of aliphatic carboxylic acids is 1. The Morgan fingerprint density at radius 2 is 2.25 bits per heavy atom. The number of carboxylic acids is 1. The Bertz CT molecular complexity index is 165. The Hall–Kier alpha value is -0.570. The molecule has 1 aliphatic heterocycles. The molecule has 0 radical (unpaired) electrons. The van der Waals surface area contributed by atoms with Crippen molar-refractivity contribution in [3.63, 3.8) is 0 Å². The van der Waals surface area contributed by atoms with Gasteiger partial charge < -0.3 is 9.84 Å². The molecule has 1 rings (SSSR count). The van der Waals surface area contributed by atoms with Gasteiger partial charge >= 0.3 is 5.97 Å². The fraction of sp³-hybridized carbons (Fsp3) is 0.889. The second-order valence-electron chi connectivity index (χ2n) is 3.73. The van der Waals surface area contributed by atoms with Crippen molar-refractivity contribution in [1.82, 2.24) is 0 Å². The summed E-state index contributed by atoms with van der Waals surface area (Å²) in [5.41, 5.74) is 0. The summed E-state index contributed by atoms with van der Waals surface area (Å²) < 4.78 is 5.12. The molecule has 0 aliphatic carbocycles. The molecular formula is C9H16O3. The third-order valence-electron chi connectivity index (χ3n) is 2.54. The zero-order chi connectivity index (χ0) is 9.14. The molecule has 0 amide bonds. The average molecular weight is 172 g/mol. The van der Waals surface area contributed by atoms with E-state index in [-0.39, 0.29) is 0 Å². The van der Waals surface area contributed by atoms with Crippen LogP contribution in [0.4, 0.5) is 0 Å².